The molecule has 0 bridgehead atoms. The summed E-state index contributed by atoms with van der Waals surface area (Å²) in [6, 6.07) is 15.3. The molecule has 15 heavy (non-hydrogen) atoms. The van der Waals surface area contributed by atoms with Crippen LogP contribution in [-0.2, 0) is 0 Å². The normalized spacial score (nSPS) is 9.33. The smallest absolute Gasteiger partial charge is 0.0918 e. The maximum absolute atomic E-state index is 6.86. The number of rotatable bonds is 2. The average Bonchev–Trinajstić information content (AvgIpc) is 2.31. The van der Waals surface area contributed by atoms with E-state index in [-0.39, 0.29) is 0 Å². The fourth-order valence-corrected chi connectivity index (χ4v) is 1.37. The number of hydrogen-bond acceptors (Lipinski definition) is 3. The van der Waals surface area contributed by atoms with Crippen LogP contribution >= 0.6 is 0 Å². The first-order chi connectivity index (χ1) is 7.42. The quantitative estimate of drug-likeness (QED) is 0.735. The third kappa shape index (κ3) is 1.98. The fourth-order valence-electron chi connectivity index (χ4n) is 1.37. The predicted octanol–water partition coefficient (Wildman–Crippen LogP) is 3.13. The molecule has 0 unspecified atom stereocenters. The van der Waals surface area contributed by atoms with Crippen LogP contribution in [-0.4, -0.2) is 11.0 Å². The van der Waals surface area contributed by atoms with Crippen LogP contribution in [0, 0.1) is 5.41 Å². The second kappa shape index (κ2) is 4.31. The molecule has 0 amide bonds. The molecule has 0 atom stereocenters. The lowest BCUT2D eigenvalue weighted by Crippen LogP contribution is -1.81. The predicted molar refractivity (Wildman–Crippen MR) is 59.5 cm³/mol. The van der Waals surface area contributed by atoms with Gasteiger partial charge in [-0.2, -0.15) is 4.99 Å². The average molecular weight is 195 g/mol. The van der Waals surface area contributed by atoms with Crippen LogP contribution in [0.3, 0.4) is 0 Å². The molecule has 0 saturated heterocycles. The van der Waals surface area contributed by atoms with Crippen LogP contribution in [0.15, 0.2) is 53.7 Å². The monoisotopic (exact) mass is 195 g/mol. The van der Waals surface area contributed by atoms with Crippen LogP contribution in [0.1, 0.15) is 0 Å². The van der Waals surface area contributed by atoms with E-state index >= 15 is 0 Å². The summed E-state index contributed by atoms with van der Waals surface area (Å²) in [5, 5.41) is 6.86. The lowest BCUT2D eigenvalue weighted by atomic mass is 10.1. The summed E-state index contributed by atoms with van der Waals surface area (Å²) in [5.74, 6) is 0. The third-order valence-corrected chi connectivity index (χ3v) is 2.02. The van der Waals surface area contributed by atoms with E-state index in [0.29, 0.717) is 5.69 Å². The minimum Gasteiger partial charge on any atom is -0.256 e. The van der Waals surface area contributed by atoms with Crippen molar-refractivity contribution in [1.82, 2.24) is 4.98 Å². The van der Waals surface area contributed by atoms with Gasteiger partial charge < -0.3 is 0 Å². The Labute approximate surface area is 87.7 Å². The van der Waals surface area contributed by atoms with E-state index in [4.69, 9.17) is 5.41 Å². The Morgan fingerprint density at radius 1 is 1.07 bits per heavy atom. The van der Waals surface area contributed by atoms with Gasteiger partial charge in [0.2, 0.25) is 0 Å². The minimum absolute atomic E-state index is 0.714. The second-order valence-corrected chi connectivity index (χ2v) is 2.96. The molecule has 0 aliphatic rings. The van der Waals surface area contributed by atoms with Gasteiger partial charge >= 0.3 is 0 Å². The highest BCUT2D eigenvalue weighted by Crippen LogP contribution is 2.27. The molecule has 0 saturated carbocycles. The van der Waals surface area contributed by atoms with E-state index in [9.17, 15) is 0 Å². The van der Waals surface area contributed by atoms with Crippen molar-refractivity contribution >= 4 is 11.7 Å². The Balaban J connectivity index is 2.58. The molecule has 0 radical (unpaired) electrons. The van der Waals surface area contributed by atoms with E-state index in [2.05, 4.69) is 9.98 Å². The number of nitrogens with one attached hydrogen (secondary N) is 1. The summed E-state index contributed by atoms with van der Waals surface area (Å²) in [6.45, 7) is 0. The van der Waals surface area contributed by atoms with E-state index in [0.717, 1.165) is 11.3 Å². The molecule has 0 spiro atoms. The largest absolute Gasteiger partial charge is 0.256 e. The SMILES string of the molecule is N=C=Nc1ccccc1-c1ccccn1. The van der Waals surface area contributed by atoms with Crippen molar-refractivity contribution in [1.29, 1.82) is 5.41 Å². The lowest BCUT2D eigenvalue weighted by molar-refractivity contribution is 1.32. The highest BCUT2D eigenvalue weighted by molar-refractivity contribution is 5.74. The molecular formula is C12H9N3. The van der Waals surface area contributed by atoms with Gasteiger partial charge in [0.15, 0.2) is 0 Å². The Hall–Kier alpha value is -2.25. The molecule has 0 fully saturated rings. The molecule has 0 aliphatic heterocycles. The maximum Gasteiger partial charge on any atom is 0.0918 e. The summed E-state index contributed by atoms with van der Waals surface area (Å²) < 4.78 is 0. The van der Waals surface area contributed by atoms with E-state index in [1.165, 1.54) is 0 Å². The molecular weight excluding hydrogens is 186 g/mol. The molecule has 3 heteroatoms. The summed E-state index contributed by atoms with van der Waals surface area (Å²) in [6.07, 6.45) is 1.74. The van der Waals surface area contributed by atoms with Gasteiger partial charge in [-0.1, -0.05) is 24.3 Å². The zero-order valence-corrected chi connectivity index (χ0v) is 8.01. The summed E-state index contributed by atoms with van der Waals surface area (Å²) in [5.41, 5.74) is 2.48. The van der Waals surface area contributed by atoms with Gasteiger partial charge in [0.05, 0.1) is 17.4 Å². The van der Waals surface area contributed by atoms with Crippen LogP contribution in [0.5, 0.6) is 0 Å². The molecule has 1 aromatic heterocycles. The zero-order valence-electron chi connectivity index (χ0n) is 8.01. The summed E-state index contributed by atoms with van der Waals surface area (Å²) >= 11 is 0. The van der Waals surface area contributed by atoms with Crippen molar-refractivity contribution in [2.24, 2.45) is 4.99 Å². The molecule has 1 heterocycles. The van der Waals surface area contributed by atoms with E-state index in [1.54, 1.807) is 6.20 Å². The number of pyridine rings is 1. The Bertz CT molecular complexity index is 499. The highest BCUT2D eigenvalue weighted by Gasteiger charge is 2.02. The zero-order chi connectivity index (χ0) is 10.5. The van der Waals surface area contributed by atoms with Crippen LogP contribution < -0.4 is 0 Å². The van der Waals surface area contributed by atoms with E-state index < -0.39 is 0 Å². The van der Waals surface area contributed by atoms with Crippen LogP contribution in [0.4, 0.5) is 5.69 Å². The van der Waals surface area contributed by atoms with Crippen molar-refractivity contribution < 1.29 is 0 Å². The van der Waals surface area contributed by atoms with Crippen molar-refractivity contribution in [3.05, 3.63) is 48.7 Å². The molecule has 2 rings (SSSR count). The molecule has 1 aromatic carbocycles. The Kier molecular flexibility index (Phi) is 2.68. The van der Waals surface area contributed by atoms with Gasteiger partial charge in [0.25, 0.3) is 0 Å². The molecule has 3 nitrogen and oxygen atoms in total. The molecule has 2 aromatic rings. The Morgan fingerprint density at radius 2 is 1.87 bits per heavy atom. The number of para-hydroxylation sites is 1. The molecule has 0 aliphatic carbocycles. The number of aliphatic imine (C=N–C) groups is 1. The summed E-state index contributed by atoms with van der Waals surface area (Å²) in [7, 11) is 0. The summed E-state index contributed by atoms with van der Waals surface area (Å²) in [4.78, 5) is 8.10. The molecule has 1 N–H and O–H groups in total. The van der Waals surface area contributed by atoms with Crippen LogP contribution in [0.2, 0.25) is 0 Å². The van der Waals surface area contributed by atoms with Crippen LogP contribution in [0.25, 0.3) is 11.3 Å². The first-order valence-electron chi connectivity index (χ1n) is 4.55. The standard InChI is InChI=1S/C12H9N3/c13-9-15-12-6-2-1-5-10(12)11-7-3-4-8-14-11/h1-8,13H. The fraction of sp³-hybridized carbons (Fsp3) is 0. The number of hydrogen-bond donors (Lipinski definition) is 1. The second-order valence-electron chi connectivity index (χ2n) is 2.96. The topological polar surface area (TPSA) is 49.1 Å². The van der Waals surface area contributed by atoms with Gasteiger partial charge in [0, 0.05) is 11.8 Å². The van der Waals surface area contributed by atoms with Crippen molar-refractivity contribution in [2.75, 3.05) is 0 Å². The Morgan fingerprint density at radius 3 is 2.60 bits per heavy atom. The molecule has 72 valence electrons. The van der Waals surface area contributed by atoms with Gasteiger partial charge in [-0.3, -0.25) is 4.98 Å². The van der Waals surface area contributed by atoms with E-state index in [1.807, 2.05) is 48.5 Å². The number of nitrogens with zero attached hydrogens (tertiary/aromatic N) is 2. The van der Waals surface area contributed by atoms with Gasteiger partial charge in [0.1, 0.15) is 0 Å². The minimum atomic E-state index is 0.714. The van der Waals surface area contributed by atoms with Gasteiger partial charge in [-0.05, 0) is 18.2 Å². The first-order valence-corrected chi connectivity index (χ1v) is 4.55. The van der Waals surface area contributed by atoms with Crippen molar-refractivity contribution in [2.45, 2.75) is 0 Å². The highest BCUT2D eigenvalue weighted by atomic mass is 14.8. The van der Waals surface area contributed by atoms with Crippen molar-refractivity contribution in [3.8, 4) is 11.3 Å². The van der Waals surface area contributed by atoms with Gasteiger partial charge in [-0.25, -0.2) is 5.41 Å². The van der Waals surface area contributed by atoms with Gasteiger partial charge in [-0.15, -0.1) is 0 Å². The first kappa shape index (κ1) is 9.31. The number of aromatic nitrogens is 1. The maximum atomic E-state index is 6.86. The third-order valence-electron chi connectivity index (χ3n) is 2.02. The lowest BCUT2D eigenvalue weighted by Gasteiger charge is -2.02. The number of benzene rings is 1. The van der Waals surface area contributed by atoms with Crippen molar-refractivity contribution in [3.63, 3.8) is 0 Å².